The molecule has 0 aliphatic rings. The van der Waals surface area contributed by atoms with Crippen molar-refractivity contribution in [2.75, 3.05) is 0 Å². The molecule has 0 amide bonds. The normalized spacial score (nSPS) is 10.5. The molecular formula is C14H10BrClFNO3. The molecule has 2 aromatic rings. The van der Waals surface area contributed by atoms with Crippen LogP contribution >= 0.6 is 27.5 Å². The van der Waals surface area contributed by atoms with E-state index in [4.69, 9.17) is 16.3 Å². The maximum Gasteiger partial charge on any atom is 0.312 e. The zero-order valence-corrected chi connectivity index (χ0v) is 13.2. The van der Waals surface area contributed by atoms with Crippen molar-refractivity contribution in [2.24, 2.45) is 0 Å². The Labute approximate surface area is 133 Å². The molecule has 21 heavy (non-hydrogen) atoms. The third kappa shape index (κ3) is 3.33. The molecule has 0 unspecified atom stereocenters. The van der Waals surface area contributed by atoms with Gasteiger partial charge in [-0.2, -0.15) is 0 Å². The Morgan fingerprint density at radius 3 is 2.76 bits per heavy atom. The molecule has 4 nitrogen and oxygen atoms in total. The highest BCUT2D eigenvalue weighted by molar-refractivity contribution is 9.10. The van der Waals surface area contributed by atoms with Crippen molar-refractivity contribution >= 4 is 33.2 Å². The van der Waals surface area contributed by atoms with Gasteiger partial charge in [-0.1, -0.05) is 22.0 Å². The lowest BCUT2D eigenvalue weighted by Gasteiger charge is -2.12. The Morgan fingerprint density at radius 1 is 1.43 bits per heavy atom. The van der Waals surface area contributed by atoms with Crippen LogP contribution in [0.15, 0.2) is 34.8 Å². The quantitative estimate of drug-likeness (QED) is 0.412. The molecule has 0 fully saturated rings. The summed E-state index contributed by atoms with van der Waals surface area (Å²) in [5.74, 6) is -0.371. The average Bonchev–Trinajstić information content (AvgIpc) is 2.41. The molecule has 0 aliphatic carbocycles. The van der Waals surface area contributed by atoms with Crippen LogP contribution in [0.3, 0.4) is 0 Å². The third-order valence-corrected chi connectivity index (χ3v) is 3.56. The minimum Gasteiger partial charge on any atom is -0.449 e. The van der Waals surface area contributed by atoms with Crippen LogP contribution in [0.5, 0.6) is 11.5 Å². The number of halogens is 3. The maximum atomic E-state index is 13.7. The number of hydrogen-bond acceptors (Lipinski definition) is 3. The summed E-state index contributed by atoms with van der Waals surface area (Å²) in [5, 5.41) is 11.1. The standard InChI is InChI=1S/C14H10BrClFNO3/c1-8-5-9(15)6-12(18(19)20)14(8)21-13-4-2-3-11(17)10(13)7-16/h2-6H,7H2,1H3. The van der Waals surface area contributed by atoms with Crippen LogP contribution in [0.25, 0.3) is 0 Å². The number of nitro benzene ring substituents is 1. The maximum absolute atomic E-state index is 13.7. The SMILES string of the molecule is Cc1cc(Br)cc([N+](=O)[O-])c1Oc1cccc(F)c1CCl. The van der Waals surface area contributed by atoms with E-state index in [1.807, 2.05) is 0 Å². The van der Waals surface area contributed by atoms with Gasteiger partial charge in [0.05, 0.1) is 10.8 Å². The molecule has 0 aliphatic heterocycles. The number of ether oxygens (including phenoxy) is 1. The minimum atomic E-state index is -0.549. The number of benzene rings is 2. The molecule has 0 saturated carbocycles. The van der Waals surface area contributed by atoms with Gasteiger partial charge in [-0.25, -0.2) is 4.39 Å². The molecule has 0 aromatic heterocycles. The van der Waals surface area contributed by atoms with E-state index in [0.717, 1.165) is 0 Å². The first-order valence-electron chi connectivity index (χ1n) is 5.89. The summed E-state index contributed by atoms with van der Waals surface area (Å²) in [6, 6.07) is 7.25. The Kier molecular flexibility index (Phi) is 4.80. The second kappa shape index (κ2) is 6.41. The average molecular weight is 375 g/mol. The molecule has 0 spiro atoms. The first kappa shape index (κ1) is 15.7. The van der Waals surface area contributed by atoms with Crippen LogP contribution in [0.4, 0.5) is 10.1 Å². The summed E-state index contributed by atoms with van der Waals surface area (Å²) in [6.45, 7) is 1.67. The zero-order valence-electron chi connectivity index (χ0n) is 10.9. The summed E-state index contributed by atoms with van der Waals surface area (Å²) >= 11 is 8.91. The van der Waals surface area contributed by atoms with Crippen LogP contribution < -0.4 is 4.74 Å². The lowest BCUT2D eigenvalue weighted by molar-refractivity contribution is -0.385. The second-order valence-corrected chi connectivity index (χ2v) is 5.46. The molecule has 0 bridgehead atoms. The van der Waals surface area contributed by atoms with Gasteiger partial charge in [0.25, 0.3) is 0 Å². The van der Waals surface area contributed by atoms with Gasteiger partial charge in [0.1, 0.15) is 11.6 Å². The molecule has 0 radical (unpaired) electrons. The fourth-order valence-corrected chi connectivity index (χ4v) is 2.67. The second-order valence-electron chi connectivity index (χ2n) is 4.28. The largest absolute Gasteiger partial charge is 0.449 e. The van der Waals surface area contributed by atoms with E-state index in [0.29, 0.717) is 10.0 Å². The third-order valence-electron chi connectivity index (χ3n) is 2.84. The zero-order chi connectivity index (χ0) is 15.6. The van der Waals surface area contributed by atoms with E-state index in [2.05, 4.69) is 15.9 Å². The molecule has 0 saturated heterocycles. The first-order chi connectivity index (χ1) is 9.93. The lowest BCUT2D eigenvalue weighted by Crippen LogP contribution is -1.99. The predicted molar refractivity (Wildman–Crippen MR) is 81.6 cm³/mol. The van der Waals surface area contributed by atoms with Crippen molar-refractivity contribution in [2.45, 2.75) is 12.8 Å². The van der Waals surface area contributed by atoms with Gasteiger partial charge in [0.2, 0.25) is 5.75 Å². The minimum absolute atomic E-state index is 0.0696. The summed E-state index contributed by atoms with van der Waals surface area (Å²) in [6.07, 6.45) is 0. The van der Waals surface area contributed by atoms with Gasteiger partial charge in [-0.05, 0) is 30.7 Å². The summed E-state index contributed by atoms with van der Waals surface area (Å²) in [4.78, 5) is 10.6. The van der Waals surface area contributed by atoms with Crippen molar-refractivity contribution in [3.63, 3.8) is 0 Å². The van der Waals surface area contributed by atoms with Gasteiger partial charge in [0, 0.05) is 16.1 Å². The molecule has 110 valence electrons. The van der Waals surface area contributed by atoms with E-state index in [1.165, 1.54) is 24.3 Å². The fraction of sp³-hybridized carbons (Fsp3) is 0.143. The first-order valence-corrected chi connectivity index (χ1v) is 7.22. The number of nitrogens with zero attached hydrogens (tertiary/aromatic N) is 1. The summed E-state index contributed by atoms with van der Waals surface area (Å²) < 4.78 is 19.8. The fourth-order valence-electron chi connectivity index (χ4n) is 1.85. The van der Waals surface area contributed by atoms with E-state index in [9.17, 15) is 14.5 Å². The van der Waals surface area contributed by atoms with Crippen LogP contribution in [0, 0.1) is 22.9 Å². The Hall–Kier alpha value is -1.66. The molecule has 0 heterocycles. The van der Waals surface area contributed by atoms with Gasteiger partial charge in [0.15, 0.2) is 0 Å². The predicted octanol–water partition coefficient (Wildman–Crippen LogP) is 5.34. The van der Waals surface area contributed by atoms with Crippen LogP contribution in [0.2, 0.25) is 0 Å². The van der Waals surface area contributed by atoms with Crippen LogP contribution in [-0.2, 0) is 5.88 Å². The molecular weight excluding hydrogens is 365 g/mol. The van der Waals surface area contributed by atoms with Crippen LogP contribution in [-0.4, -0.2) is 4.92 Å². The van der Waals surface area contributed by atoms with Crippen molar-refractivity contribution < 1.29 is 14.1 Å². The van der Waals surface area contributed by atoms with Gasteiger partial charge in [-0.15, -0.1) is 11.6 Å². The van der Waals surface area contributed by atoms with E-state index in [1.54, 1.807) is 13.0 Å². The van der Waals surface area contributed by atoms with E-state index >= 15 is 0 Å². The van der Waals surface area contributed by atoms with Gasteiger partial charge in [-0.3, -0.25) is 10.1 Å². The monoisotopic (exact) mass is 373 g/mol. The van der Waals surface area contributed by atoms with Crippen molar-refractivity contribution in [3.8, 4) is 11.5 Å². The lowest BCUT2D eigenvalue weighted by atomic mass is 10.1. The highest BCUT2D eigenvalue weighted by Gasteiger charge is 2.21. The Bertz CT molecular complexity index is 709. The molecule has 2 aromatic carbocycles. The van der Waals surface area contributed by atoms with E-state index < -0.39 is 10.7 Å². The molecule has 0 N–H and O–H groups in total. The van der Waals surface area contributed by atoms with Gasteiger partial charge >= 0.3 is 5.69 Å². The van der Waals surface area contributed by atoms with Crippen LogP contribution in [0.1, 0.15) is 11.1 Å². The summed E-state index contributed by atoms with van der Waals surface area (Å²) in [5.41, 5.74) is 0.517. The molecule has 0 atom stereocenters. The highest BCUT2D eigenvalue weighted by Crippen LogP contribution is 2.38. The smallest absolute Gasteiger partial charge is 0.312 e. The van der Waals surface area contributed by atoms with E-state index in [-0.39, 0.29) is 28.6 Å². The Morgan fingerprint density at radius 2 is 2.14 bits per heavy atom. The molecule has 7 heteroatoms. The number of alkyl halides is 1. The number of nitro groups is 1. The van der Waals surface area contributed by atoms with Crippen molar-refractivity contribution in [1.29, 1.82) is 0 Å². The Balaban J connectivity index is 2.54. The van der Waals surface area contributed by atoms with Crippen molar-refractivity contribution in [3.05, 3.63) is 61.9 Å². The number of hydrogen-bond donors (Lipinski definition) is 0. The summed E-state index contributed by atoms with van der Waals surface area (Å²) in [7, 11) is 0. The number of aryl methyl sites for hydroxylation is 1. The molecule has 2 rings (SSSR count). The van der Waals surface area contributed by atoms with Gasteiger partial charge < -0.3 is 4.74 Å². The topological polar surface area (TPSA) is 52.4 Å². The highest BCUT2D eigenvalue weighted by atomic mass is 79.9. The number of rotatable bonds is 4. The van der Waals surface area contributed by atoms with Crippen molar-refractivity contribution in [1.82, 2.24) is 0 Å².